The zero-order valence-electron chi connectivity index (χ0n) is 19.1. The third-order valence-electron chi connectivity index (χ3n) is 5.54. The molecule has 0 fully saturated rings. The van der Waals surface area contributed by atoms with E-state index in [2.05, 4.69) is 25.7 Å². The van der Waals surface area contributed by atoms with Crippen molar-refractivity contribution in [2.75, 3.05) is 29.7 Å². The molecular formula is C22H25F2N7O3. The molecule has 10 nitrogen and oxygen atoms in total. The highest BCUT2D eigenvalue weighted by Crippen LogP contribution is 2.33. The molecule has 0 radical (unpaired) electrons. The zero-order valence-corrected chi connectivity index (χ0v) is 19.1. The molecule has 1 amide bonds. The predicted octanol–water partition coefficient (Wildman–Crippen LogP) is 2.07. The predicted molar refractivity (Wildman–Crippen MR) is 121 cm³/mol. The maximum absolute atomic E-state index is 13.9. The highest BCUT2D eigenvalue weighted by molar-refractivity contribution is 6.03. The minimum absolute atomic E-state index is 0.178. The molecule has 12 heteroatoms. The van der Waals surface area contributed by atoms with Gasteiger partial charge in [-0.15, -0.1) is 0 Å². The topological polar surface area (TPSA) is 117 Å². The first-order valence-corrected chi connectivity index (χ1v) is 10.6. The van der Waals surface area contributed by atoms with E-state index < -0.39 is 29.5 Å². The van der Waals surface area contributed by atoms with Gasteiger partial charge in [0.15, 0.2) is 23.2 Å². The van der Waals surface area contributed by atoms with E-state index in [1.54, 1.807) is 42.9 Å². The number of fused-ring (bicyclic) bond motifs is 1. The number of methoxy groups -OCH3 is 1. The lowest BCUT2D eigenvalue weighted by molar-refractivity contribution is -0.119. The molecule has 2 aromatic heterocycles. The number of nitrogens with one attached hydrogen (secondary N) is 2. The maximum atomic E-state index is 13.9. The van der Waals surface area contributed by atoms with E-state index in [0.717, 1.165) is 5.56 Å². The molecular weight excluding hydrogens is 448 g/mol. The number of amides is 1. The van der Waals surface area contributed by atoms with Crippen LogP contribution in [0.25, 0.3) is 0 Å². The monoisotopic (exact) mass is 473 g/mol. The van der Waals surface area contributed by atoms with Crippen molar-refractivity contribution < 1.29 is 23.4 Å². The second-order valence-corrected chi connectivity index (χ2v) is 8.11. The summed E-state index contributed by atoms with van der Waals surface area (Å²) < 4.78 is 34.1. The summed E-state index contributed by atoms with van der Waals surface area (Å²) in [6, 6.07) is 1.66. The standard InChI is InChI=1S/C22H25F2N7O3/c1-11-17-20(30(3)18(12(2)32)21(33)28-17)29-22(27-11)25-7-14-8-26-31(10-14)9-13-5-15(23)19(34-4)16(24)6-13/h5-6,8,10,12,18,32H,7,9H2,1-4H3,(H,28,33)(H,25,27,29)/t12-,18-/m0/s1. The summed E-state index contributed by atoms with van der Waals surface area (Å²) in [6.07, 6.45) is 2.49. The van der Waals surface area contributed by atoms with E-state index in [0.29, 0.717) is 35.3 Å². The van der Waals surface area contributed by atoms with Gasteiger partial charge in [0, 0.05) is 25.4 Å². The number of aliphatic hydroxyl groups is 1. The number of aliphatic hydroxyl groups excluding tert-OH is 1. The number of nitrogens with zero attached hydrogens (tertiary/aromatic N) is 5. The van der Waals surface area contributed by atoms with Crippen molar-refractivity contribution in [1.29, 1.82) is 0 Å². The Balaban J connectivity index is 1.46. The Morgan fingerprint density at radius 3 is 2.62 bits per heavy atom. The van der Waals surface area contributed by atoms with E-state index in [1.165, 1.54) is 19.2 Å². The molecule has 0 saturated heterocycles. The SMILES string of the molecule is COc1c(F)cc(Cn2cc(CNc3nc(C)c4c(n3)N(C)[C@@H]([C@H](C)O)C(=O)N4)cn2)cc1F. The Morgan fingerprint density at radius 1 is 1.26 bits per heavy atom. The highest BCUT2D eigenvalue weighted by Gasteiger charge is 2.36. The number of carbonyl (C=O) groups excluding carboxylic acids is 1. The lowest BCUT2D eigenvalue weighted by atomic mass is 10.1. The maximum Gasteiger partial charge on any atom is 0.249 e. The molecule has 3 N–H and O–H groups in total. The van der Waals surface area contributed by atoms with Crippen molar-refractivity contribution in [3.63, 3.8) is 0 Å². The smallest absolute Gasteiger partial charge is 0.249 e. The Bertz CT molecular complexity index is 1210. The van der Waals surface area contributed by atoms with Gasteiger partial charge in [0.2, 0.25) is 11.9 Å². The third-order valence-corrected chi connectivity index (χ3v) is 5.54. The van der Waals surface area contributed by atoms with Crippen molar-refractivity contribution in [3.8, 4) is 5.75 Å². The summed E-state index contributed by atoms with van der Waals surface area (Å²) in [5.74, 6) is -1.44. The van der Waals surface area contributed by atoms with Gasteiger partial charge in [0.1, 0.15) is 11.7 Å². The molecule has 0 aliphatic carbocycles. The van der Waals surface area contributed by atoms with Crippen LogP contribution in [0.3, 0.4) is 0 Å². The average molecular weight is 473 g/mol. The summed E-state index contributed by atoms with van der Waals surface area (Å²) >= 11 is 0. The molecule has 1 aromatic carbocycles. The molecule has 0 bridgehead atoms. The third kappa shape index (κ3) is 4.49. The molecule has 1 aliphatic heterocycles. The molecule has 0 saturated carbocycles. The second-order valence-electron chi connectivity index (χ2n) is 8.11. The molecule has 0 unspecified atom stereocenters. The molecule has 0 spiro atoms. The van der Waals surface area contributed by atoms with E-state index in [-0.39, 0.29) is 12.5 Å². The van der Waals surface area contributed by atoms with Crippen LogP contribution in [0.5, 0.6) is 5.75 Å². The van der Waals surface area contributed by atoms with Crippen LogP contribution in [-0.2, 0) is 17.9 Å². The molecule has 3 aromatic rings. The lowest BCUT2D eigenvalue weighted by Gasteiger charge is -2.36. The van der Waals surface area contributed by atoms with Gasteiger partial charge < -0.3 is 25.4 Å². The quantitative estimate of drug-likeness (QED) is 0.478. The molecule has 180 valence electrons. The van der Waals surface area contributed by atoms with Crippen molar-refractivity contribution in [3.05, 3.63) is 53.0 Å². The fourth-order valence-electron chi connectivity index (χ4n) is 3.94. The largest absolute Gasteiger partial charge is 0.491 e. The fourth-order valence-corrected chi connectivity index (χ4v) is 3.94. The Hall–Kier alpha value is -3.80. The molecule has 4 rings (SSSR count). The summed E-state index contributed by atoms with van der Waals surface area (Å²) in [7, 11) is 2.90. The number of anilines is 3. The fraction of sp³-hybridized carbons (Fsp3) is 0.364. The van der Waals surface area contributed by atoms with Crippen LogP contribution in [0.1, 0.15) is 23.7 Å². The van der Waals surface area contributed by atoms with Crippen LogP contribution in [0.15, 0.2) is 24.5 Å². The van der Waals surface area contributed by atoms with Gasteiger partial charge in [-0.05, 0) is 31.5 Å². The Morgan fingerprint density at radius 2 is 1.97 bits per heavy atom. The van der Waals surface area contributed by atoms with Crippen LogP contribution < -0.4 is 20.3 Å². The molecule has 3 heterocycles. The molecule has 34 heavy (non-hydrogen) atoms. The summed E-state index contributed by atoms with van der Waals surface area (Å²) in [6.45, 7) is 3.83. The highest BCUT2D eigenvalue weighted by atomic mass is 19.1. The number of carbonyl (C=O) groups is 1. The van der Waals surface area contributed by atoms with E-state index in [9.17, 15) is 18.7 Å². The van der Waals surface area contributed by atoms with Crippen LogP contribution in [0.2, 0.25) is 0 Å². The lowest BCUT2D eigenvalue weighted by Crippen LogP contribution is -2.52. The normalized spacial score (nSPS) is 16.1. The summed E-state index contributed by atoms with van der Waals surface area (Å²) in [4.78, 5) is 22.9. The number of ether oxygens (including phenoxy) is 1. The van der Waals surface area contributed by atoms with E-state index in [1.807, 2.05) is 0 Å². The minimum Gasteiger partial charge on any atom is -0.491 e. The minimum atomic E-state index is -0.886. The first-order valence-electron chi connectivity index (χ1n) is 10.6. The number of rotatable bonds is 7. The van der Waals surface area contributed by atoms with Crippen LogP contribution in [0, 0.1) is 18.6 Å². The van der Waals surface area contributed by atoms with Gasteiger partial charge in [-0.3, -0.25) is 9.48 Å². The zero-order chi connectivity index (χ0) is 24.6. The van der Waals surface area contributed by atoms with Crippen molar-refractivity contribution in [2.24, 2.45) is 0 Å². The summed E-state index contributed by atoms with van der Waals surface area (Å²) in [5, 5.41) is 20.1. The molecule has 2 atom stereocenters. The van der Waals surface area contributed by atoms with E-state index in [4.69, 9.17) is 4.74 Å². The van der Waals surface area contributed by atoms with Crippen molar-refractivity contribution in [2.45, 2.75) is 39.1 Å². The van der Waals surface area contributed by atoms with Crippen LogP contribution in [0.4, 0.5) is 26.2 Å². The first kappa shape index (κ1) is 23.4. The van der Waals surface area contributed by atoms with Gasteiger partial charge in [-0.25, -0.2) is 13.8 Å². The molecule has 1 aliphatic rings. The Labute approximate surface area is 194 Å². The number of aromatic nitrogens is 4. The summed E-state index contributed by atoms with van der Waals surface area (Å²) in [5.41, 5.74) is 2.29. The number of hydrogen-bond donors (Lipinski definition) is 3. The Kier molecular flexibility index (Phi) is 6.33. The van der Waals surface area contributed by atoms with Crippen LogP contribution in [-0.4, -0.2) is 57.1 Å². The van der Waals surface area contributed by atoms with Gasteiger partial charge in [-0.1, -0.05) is 0 Å². The number of likely N-dealkylation sites (N-methyl/N-ethyl adjacent to an activating group) is 1. The first-order chi connectivity index (χ1) is 16.2. The van der Waals surface area contributed by atoms with Gasteiger partial charge in [0.25, 0.3) is 0 Å². The van der Waals surface area contributed by atoms with Gasteiger partial charge >= 0.3 is 0 Å². The second kappa shape index (κ2) is 9.21. The number of halogens is 2. The van der Waals surface area contributed by atoms with Gasteiger partial charge in [0.05, 0.1) is 31.6 Å². The number of hydrogen-bond acceptors (Lipinski definition) is 8. The van der Waals surface area contributed by atoms with Crippen molar-refractivity contribution >= 4 is 23.4 Å². The van der Waals surface area contributed by atoms with Crippen molar-refractivity contribution in [1.82, 2.24) is 19.7 Å². The number of benzene rings is 1. The van der Waals surface area contributed by atoms with Gasteiger partial charge in [-0.2, -0.15) is 10.1 Å². The average Bonchev–Trinajstić information content (AvgIpc) is 3.20. The van der Waals surface area contributed by atoms with E-state index >= 15 is 0 Å². The number of aryl methyl sites for hydroxylation is 1. The van der Waals surface area contributed by atoms with Crippen LogP contribution >= 0.6 is 0 Å².